The molecular weight excluding hydrogens is 713 g/mol. The number of benzene rings is 2. The molecule has 0 aromatic heterocycles. The average Bonchev–Trinajstić information content (AvgIpc) is 3.25. The van der Waals surface area contributed by atoms with Crippen molar-refractivity contribution in [2.75, 3.05) is 0 Å². The molecule has 0 N–H and O–H groups in total. The van der Waals surface area contributed by atoms with Gasteiger partial charge < -0.3 is 0 Å². The Bertz CT molecular complexity index is 1260. The largest absolute Gasteiger partial charge is 0.252 e. The molecule has 0 spiro atoms. The predicted molar refractivity (Wildman–Crippen MR) is 268 cm³/mol. The standard InChI is InChI=1S/C57H98N2/c1-6-11-16-18-19-20-21-22-23-24-25-26-27-28-29-30-31-32-33-34-35-36-37-41-51-44-46-54(47-45-51)58-57(43-38-17-12-7-2)56(42-15-10-5)59-55-49-52(39-13-8-3)48-53(50-55)40-14-9-4/h44-50H,6-43H2,1-5H3. The Morgan fingerprint density at radius 2 is 0.610 bits per heavy atom. The molecule has 2 aromatic rings. The molecule has 0 aliphatic rings. The number of aryl methyl sites for hydroxylation is 3. The van der Waals surface area contributed by atoms with Crippen molar-refractivity contribution in [3.63, 3.8) is 0 Å². The molecule has 0 aliphatic carbocycles. The third-order valence-corrected chi connectivity index (χ3v) is 12.6. The Hall–Kier alpha value is -2.22. The minimum absolute atomic E-state index is 1.00. The van der Waals surface area contributed by atoms with Crippen molar-refractivity contribution in [3.05, 3.63) is 59.2 Å². The Labute approximate surface area is 369 Å². The summed E-state index contributed by atoms with van der Waals surface area (Å²) in [7, 11) is 0. The molecule has 0 saturated carbocycles. The molecule has 0 fully saturated rings. The van der Waals surface area contributed by atoms with Crippen LogP contribution in [0.4, 0.5) is 11.4 Å². The van der Waals surface area contributed by atoms with Crippen LogP contribution < -0.4 is 0 Å². The molecular formula is C57H98N2. The second kappa shape index (κ2) is 38.7. The van der Waals surface area contributed by atoms with Gasteiger partial charge in [-0.05, 0) is 105 Å². The summed E-state index contributed by atoms with van der Waals surface area (Å²) in [5.74, 6) is 0. The molecule has 0 bridgehead atoms. The van der Waals surface area contributed by atoms with E-state index < -0.39 is 0 Å². The Morgan fingerprint density at radius 3 is 1.02 bits per heavy atom. The van der Waals surface area contributed by atoms with Gasteiger partial charge in [0.2, 0.25) is 0 Å². The summed E-state index contributed by atoms with van der Waals surface area (Å²) in [6.07, 6.45) is 50.9. The van der Waals surface area contributed by atoms with Crippen LogP contribution in [0.3, 0.4) is 0 Å². The monoisotopic (exact) mass is 811 g/mol. The molecule has 0 saturated heterocycles. The summed E-state index contributed by atoms with van der Waals surface area (Å²) in [5, 5.41) is 0. The van der Waals surface area contributed by atoms with E-state index in [2.05, 4.69) is 77.1 Å². The molecule has 2 rings (SSSR count). The molecule has 2 aromatic carbocycles. The van der Waals surface area contributed by atoms with Crippen LogP contribution in [-0.4, -0.2) is 11.4 Å². The zero-order valence-electron chi connectivity index (χ0n) is 40.3. The molecule has 336 valence electrons. The van der Waals surface area contributed by atoms with Crippen LogP contribution in [0.25, 0.3) is 0 Å². The van der Waals surface area contributed by atoms with Crippen LogP contribution in [0.5, 0.6) is 0 Å². The summed E-state index contributed by atoms with van der Waals surface area (Å²) in [6.45, 7) is 11.5. The summed E-state index contributed by atoms with van der Waals surface area (Å²) in [6, 6.07) is 16.4. The second-order valence-electron chi connectivity index (χ2n) is 18.4. The molecule has 59 heavy (non-hydrogen) atoms. The molecule has 0 radical (unpaired) electrons. The van der Waals surface area contributed by atoms with Crippen LogP contribution in [0.2, 0.25) is 0 Å². The van der Waals surface area contributed by atoms with Gasteiger partial charge in [0.1, 0.15) is 0 Å². The summed E-state index contributed by atoms with van der Waals surface area (Å²) in [5.41, 5.74) is 9.02. The van der Waals surface area contributed by atoms with Gasteiger partial charge in [-0.2, -0.15) is 0 Å². The van der Waals surface area contributed by atoms with Gasteiger partial charge in [-0.25, -0.2) is 0 Å². The predicted octanol–water partition coefficient (Wildman–Crippen LogP) is 19.9. The molecule has 0 unspecified atom stereocenters. The SMILES string of the molecule is CCCCCCCCCCCCCCCCCCCCCCCCCc1ccc(N=C(CCCCCC)C(CCCC)=Nc2cc(CCCC)cc(CCCC)c2)cc1. The van der Waals surface area contributed by atoms with Crippen LogP contribution >= 0.6 is 0 Å². The van der Waals surface area contributed by atoms with Crippen molar-refractivity contribution < 1.29 is 0 Å². The number of nitrogens with zero attached hydrogens (tertiary/aromatic N) is 2. The summed E-state index contributed by atoms with van der Waals surface area (Å²) >= 11 is 0. The first-order valence-electron chi connectivity index (χ1n) is 26.5. The van der Waals surface area contributed by atoms with E-state index in [0.717, 1.165) is 43.5 Å². The highest BCUT2D eigenvalue weighted by molar-refractivity contribution is 6.43. The van der Waals surface area contributed by atoms with E-state index in [1.807, 2.05) is 0 Å². The highest BCUT2D eigenvalue weighted by atomic mass is 14.8. The number of unbranched alkanes of at least 4 members (excludes halogenated alkanes) is 28. The van der Waals surface area contributed by atoms with Crippen LogP contribution in [0.1, 0.15) is 276 Å². The maximum atomic E-state index is 5.45. The minimum atomic E-state index is 1.00. The lowest BCUT2D eigenvalue weighted by molar-refractivity contribution is 0.518. The average molecular weight is 811 g/mol. The van der Waals surface area contributed by atoms with Crippen molar-refractivity contribution in [2.45, 2.75) is 279 Å². The molecule has 2 nitrogen and oxygen atoms in total. The number of hydrogen-bond acceptors (Lipinski definition) is 2. The first-order chi connectivity index (χ1) is 29.1. The van der Waals surface area contributed by atoms with E-state index >= 15 is 0 Å². The maximum absolute atomic E-state index is 5.45. The Morgan fingerprint density at radius 1 is 0.288 bits per heavy atom. The van der Waals surface area contributed by atoms with Crippen LogP contribution in [0, 0.1) is 0 Å². The maximum Gasteiger partial charge on any atom is 0.0639 e. The highest BCUT2D eigenvalue weighted by Crippen LogP contribution is 2.25. The Balaban J connectivity index is 1.74. The zero-order valence-corrected chi connectivity index (χ0v) is 40.3. The molecule has 0 aliphatic heterocycles. The third-order valence-electron chi connectivity index (χ3n) is 12.6. The number of rotatable bonds is 41. The fraction of sp³-hybridized carbons (Fsp3) is 0.754. The summed E-state index contributed by atoms with van der Waals surface area (Å²) in [4.78, 5) is 10.8. The second-order valence-corrected chi connectivity index (χ2v) is 18.4. The van der Waals surface area contributed by atoms with E-state index in [1.54, 1.807) is 0 Å². The lowest BCUT2D eigenvalue weighted by atomic mass is 9.99. The molecule has 0 heterocycles. The van der Waals surface area contributed by atoms with Crippen molar-refractivity contribution >= 4 is 22.8 Å². The van der Waals surface area contributed by atoms with Gasteiger partial charge in [0.25, 0.3) is 0 Å². The first kappa shape index (κ1) is 52.9. The van der Waals surface area contributed by atoms with Gasteiger partial charge in [-0.3, -0.25) is 9.98 Å². The van der Waals surface area contributed by atoms with Crippen molar-refractivity contribution in [1.82, 2.24) is 0 Å². The van der Waals surface area contributed by atoms with Gasteiger partial charge in [0, 0.05) is 0 Å². The van der Waals surface area contributed by atoms with Crippen LogP contribution in [0.15, 0.2) is 52.4 Å². The zero-order chi connectivity index (χ0) is 42.3. The van der Waals surface area contributed by atoms with Crippen LogP contribution in [-0.2, 0) is 19.3 Å². The van der Waals surface area contributed by atoms with Gasteiger partial charge >= 0.3 is 0 Å². The lowest BCUT2D eigenvalue weighted by Gasteiger charge is -2.13. The van der Waals surface area contributed by atoms with Gasteiger partial charge in [-0.15, -0.1) is 0 Å². The quantitative estimate of drug-likeness (QED) is 0.0472. The lowest BCUT2D eigenvalue weighted by Crippen LogP contribution is -2.14. The van der Waals surface area contributed by atoms with E-state index in [4.69, 9.17) is 9.98 Å². The van der Waals surface area contributed by atoms with Gasteiger partial charge in [0.15, 0.2) is 0 Å². The normalized spacial score (nSPS) is 12.2. The van der Waals surface area contributed by atoms with Crippen molar-refractivity contribution in [3.8, 4) is 0 Å². The van der Waals surface area contributed by atoms with Gasteiger partial charge in [0.05, 0.1) is 22.8 Å². The summed E-state index contributed by atoms with van der Waals surface area (Å²) < 4.78 is 0. The molecule has 0 amide bonds. The molecule has 2 heteroatoms. The number of aliphatic imine (C=N–C) groups is 2. The van der Waals surface area contributed by atoms with E-state index in [9.17, 15) is 0 Å². The van der Waals surface area contributed by atoms with Crippen molar-refractivity contribution in [2.24, 2.45) is 9.98 Å². The van der Waals surface area contributed by atoms with Crippen molar-refractivity contribution in [1.29, 1.82) is 0 Å². The fourth-order valence-electron chi connectivity index (χ4n) is 8.61. The van der Waals surface area contributed by atoms with E-state index in [-0.39, 0.29) is 0 Å². The minimum Gasteiger partial charge on any atom is -0.252 e. The number of hydrogen-bond donors (Lipinski definition) is 0. The topological polar surface area (TPSA) is 24.7 Å². The Kier molecular flexibility index (Phi) is 34.7. The smallest absolute Gasteiger partial charge is 0.0639 e. The van der Waals surface area contributed by atoms with Gasteiger partial charge in [-0.1, -0.05) is 233 Å². The first-order valence-corrected chi connectivity index (χ1v) is 26.5. The third kappa shape index (κ3) is 28.9. The van der Waals surface area contributed by atoms with E-state index in [1.165, 1.54) is 240 Å². The molecule has 0 atom stereocenters. The highest BCUT2D eigenvalue weighted by Gasteiger charge is 2.12. The van der Waals surface area contributed by atoms with E-state index in [0.29, 0.717) is 0 Å². The fourth-order valence-corrected chi connectivity index (χ4v) is 8.61.